The molecule has 3 aliphatic heterocycles. The molecule has 41 heavy (non-hydrogen) atoms. The van der Waals surface area contributed by atoms with E-state index < -0.39 is 37.3 Å². The van der Waals surface area contributed by atoms with E-state index in [2.05, 4.69) is 27.7 Å². The monoisotopic (exact) mass is 578 g/mol. The lowest BCUT2D eigenvalue weighted by Gasteiger charge is -2.61. The summed E-state index contributed by atoms with van der Waals surface area (Å²) in [5.41, 5.74) is 0.612. The van der Waals surface area contributed by atoms with E-state index in [9.17, 15) is 20.4 Å². The summed E-state index contributed by atoms with van der Waals surface area (Å²) >= 11 is 0. The van der Waals surface area contributed by atoms with E-state index in [1.54, 1.807) is 0 Å². The minimum absolute atomic E-state index is 0.0607. The average Bonchev–Trinajstić information content (AvgIpc) is 3.40. The Morgan fingerprint density at radius 1 is 0.829 bits per heavy atom. The molecule has 0 amide bonds. The van der Waals surface area contributed by atoms with Gasteiger partial charge in [0.05, 0.1) is 25.4 Å². The third kappa shape index (κ3) is 4.36. The summed E-state index contributed by atoms with van der Waals surface area (Å²) in [6.45, 7) is 10.3. The van der Waals surface area contributed by atoms with Crippen LogP contribution >= 0.6 is 0 Å². The van der Waals surface area contributed by atoms with Crippen LogP contribution in [0.4, 0.5) is 0 Å². The maximum Gasteiger partial charge on any atom is 0.186 e. The van der Waals surface area contributed by atoms with E-state index in [1.807, 2.05) is 0 Å². The predicted molar refractivity (Wildman–Crippen MR) is 150 cm³/mol. The normalized spacial score (nSPS) is 60.3. The van der Waals surface area contributed by atoms with Crippen LogP contribution in [0.2, 0.25) is 0 Å². The molecule has 4 aliphatic carbocycles. The molecule has 4 N–H and O–H groups in total. The Morgan fingerprint density at radius 3 is 2.34 bits per heavy atom. The number of hydrogen-bond acceptors (Lipinski definition) is 8. The van der Waals surface area contributed by atoms with Crippen LogP contribution < -0.4 is 0 Å². The van der Waals surface area contributed by atoms with E-state index >= 15 is 0 Å². The SMILES string of the molecule is C[C@@H]1CC[C@@]2(OC1)O[C@@H]1C[C@@H]3[C@H]4CC[C@H]5C[C@@H](O[C@H]6O[C@@H](CO)[C@H](O)[C@@H](O)[C@@H]6O)CC[C@@]5(C)[C@@H]4CC[C@@]3(C)[C@@H]1[C@H]2C. The molecule has 4 saturated carbocycles. The second-order valence-electron chi connectivity index (χ2n) is 15.9. The van der Waals surface area contributed by atoms with Crippen LogP contribution in [0.25, 0.3) is 0 Å². The highest BCUT2D eigenvalue weighted by molar-refractivity contribution is 5.15. The molecule has 1 spiro atoms. The Bertz CT molecular complexity index is 967. The fraction of sp³-hybridized carbons (Fsp3) is 1.00. The minimum atomic E-state index is -1.40. The summed E-state index contributed by atoms with van der Waals surface area (Å²) in [6.07, 6.45) is 5.64. The Balaban J connectivity index is 1.03. The summed E-state index contributed by atoms with van der Waals surface area (Å²) in [5, 5.41) is 40.4. The fourth-order valence-electron chi connectivity index (χ4n) is 11.7. The molecule has 0 bridgehead atoms. The third-order valence-corrected chi connectivity index (χ3v) is 14.1. The standard InChI is InChI=1S/C33H54O8/c1-17-7-12-33(38-16-17)18(2)26-24(41-33)14-23-21-6-5-19-13-20(8-10-31(19,3)22(21)9-11-32(23,26)4)39-30-29(37)28(36)27(35)25(15-34)40-30/h17-30,34-37H,5-16H2,1-4H3/t17-,18-,19+,20+,21+,22-,23-,24-,25+,26-,27+,28-,29+,30+,31-,32-,33-/m1/s1. The first kappa shape index (κ1) is 29.4. The number of ether oxygens (including phenoxy) is 4. The number of rotatable bonds is 3. The van der Waals surface area contributed by atoms with Crippen LogP contribution in [0.3, 0.4) is 0 Å². The van der Waals surface area contributed by atoms with Gasteiger partial charge in [0.1, 0.15) is 24.4 Å². The second-order valence-corrected chi connectivity index (χ2v) is 15.9. The summed E-state index contributed by atoms with van der Waals surface area (Å²) in [6, 6.07) is 0. The van der Waals surface area contributed by atoms with Crippen molar-refractivity contribution in [3.05, 3.63) is 0 Å². The van der Waals surface area contributed by atoms with E-state index in [0.29, 0.717) is 35.2 Å². The van der Waals surface area contributed by atoms with E-state index in [1.165, 1.54) is 38.5 Å². The van der Waals surface area contributed by atoms with Gasteiger partial charge in [-0.3, -0.25) is 0 Å². The molecule has 0 aromatic carbocycles. The van der Waals surface area contributed by atoms with Crippen LogP contribution in [0, 0.1) is 52.3 Å². The van der Waals surface area contributed by atoms with Crippen LogP contribution in [-0.4, -0.2) is 82.3 Å². The first-order chi connectivity index (χ1) is 19.5. The van der Waals surface area contributed by atoms with Crippen LogP contribution in [0.15, 0.2) is 0 Å². The van der Waals surface area contributed by atoms with Crippen LogP contribution in [0.5, 0.6) is 0 Å². The van der Waals surface area contributed by atoms with Crippen molar-refractivity contribution in [2.45, 2.75) is 141 Å². The van der Waals surface area contributed by atoms with Crippen molar-refractivity contribution in [1.82, 2.24) is 0 Å². The van der Waals surface area contributed by atoms with Crippen molar-refractivity contribution in [3.63, 3.8) is 0 Å². The van der Waals surface area contributed by atoms with Gasteiger partial charge in [0, 0.05) is 12.3 Å². The van der Waals surface area contributed by atoms with Crippen LogP contribution in [-0.2, 0) is 18.9 Å². The molecular formula is C33H54O8. The van der Waals surface area contributed by atoms with E-state index in [-0.39, 0.29) is 17.3 Å². The molecule has 7 aliphatic rings. The molecule has 7 fully saturated rings. The molecule has 7 rings (SSSR count). The molecule has 0 radical (unpaired) electrons. The Kier molecular flexibility index (Phi) is 7.43. The van der Waals surface area contributed by atoms with Crippen molar-refractivity contribution in [3.8, 4) is 0 Å². The minimum Gasteiger partial charge on any atom is -0.394 e. The topological polar surface area (TPSA) is 118 Å². The molecule has 8 nitrogen and oxygen atoms in total. The first-order valence-electron chi connectivity index (χ1n) is 16.8. The third-order valence-electron chi connectivity index (χ3n) is 14.1. The average molecular weight is 579 g/mol. The zero-order valence-corrected chi connectivity index (χ0v) is 25.5. The smallest absolute Gasteiger partial charge is 0.186 e. The summed E-state index contributed by atoms with van der Waals surface area (Å²) in [7, 11) is 0. The number of fused-ring (bicyclic) bond motifs is 7. The highest BCUT2D eigenvalue weighted by Crippen LogP contribution is 2.71. The highest BCUT2D eigenvalue weighted by Gasteiger charge is 2.69. The lowest BCUT2D eigenvalue weighted by atomic mass is 9.44. The van der Waals surface area contributed by atoms with Gasteiger partial charge in [-0.1, -0.05) is 27.7 Å². The largest absolute Gasteiger partial charge is 0.394 e. The van der Waals surface area contributed by atoms with Gasteiger partial charge in [-0.2, -0.15) is 0 Å². The van der Waals surface area contributed by atoms with Crippen molar-refractivity contribution in [2.24, 2.45) is 52.3 Å². The predicted octanol–water partition coefficient (Wildman–Crippen LogP) is 3.62. The van der Waals surface area contributed by atoms with Gasteiger partial charge in [-0.25, -0.2) is 0 Å². The summed E-state index contributed by atoms with van der Waals surface area (Å²) < 4.78 is 25.4. The van der Waals surface area contributed by atoms with Gasteiger partial charge in [0.15, 0.2) is 12.1 Å². The lowest BCUT2D eigenvalue weighted by molar-refractivity contribution is -0.316. The fourth-order valence-corrected chi connectivity index (χ4v) is 11.7. The zero-order valence-electron chi connectivity index (χ0n) is 25.5. The highest BCUT2D eigenvalue weighted by atomic mass is 16.7. The molecule has 234 valence electrons. The number of hydrogen-bond donors (Lipinski definition) is 4. The maximum absolute atomic E-state index is 10.5. The lowest BCUT2D eigenvalue weighted by Crippen LogP contribution is -2.60. The molecule has 0 aromatic rings. The van der Waals surface area contributed by atoms with Crippen molar-refractivity contribution in [2.75, 3.05) is 13.2 Å². The Hall–Kier alpha value is -0.320. The van der Waals surface area contributed by atoms with Gasteiger partial charge in [-0.05, 0) is 104 Å². The van der Waals surface area contributed by atoms with Gasteiger partial charge < -0.3 is 39.4 Å². The molecular weight excluding hydrogens is 524 g/mol. The first-order valence-corrected chi connectivity index (χ1v) is 16.8. The van der Waals surface area contributed by atoms with E-state index in [4.69, 9.17) is 18.9 Å². The number of aliphatic hydroxyl groups is 4. The van der Waals surface area contributed by atoms with Crippen molar-refractivity contribution >= 4 is 0 Å². The second kappa shape index (κ2) is 10.4. The zero-order chi connectivity index (χ0) is 28.9. The molecule has 3 heterocycles. The summed E-state index contributed by atoms with van der Waals surface area (Å²) in [5.74, 6) is 4.08. The molecule has 3 saturated heterocycles. The Labute approximate surface area is 245 Å². The van der Waals surface area contributed by atoms with Gasteiger partial charge in [-0.15, -0.1) is 0 Å². The maximum atomic E-state index is 10.5. The van der Waals surface area contributed by atoms with Gasteiger partial charge in [0.25, 0.3) is 0 Å². The van der Waals surface area contributed by atoms with E-state index in [0.717, 1.165) is 50.0 Å². The number of aliphatic hydroxyl groups excluding tert-OH is 4. The molecule has 0 aromatic heterocycles. The van der Waals surface area contributed by atoms with Gasteiger partial charge in [0.2, 0.25) is 0 Å². The summed E-state index contributed by atoms with van der Waals surface area (Å²) in [4.78, 5) is 0. The van der Waals surface area contributed by atoms with Crippen molar-refractivity contribution < 1.29 is 39.4 Å². The van der Waals surface area contributed by atoms with Gasteiger partial charge >= 0.3 is 0 Å². The molecule has 8 heteroatoms. The Morgan fingerprint density at radius 2 is 1.61 bits per heavy atom. The van der Waals surface area contributed by atoms with Crippen LogP contribution in [0.1, 0.15) is 91.9 Å². The quantitative estimate of drug-likeness (QED) is 0.375. The molecule has 17 atom stereocenters. The van der Waals surface area contributed by atoms with Crippen molar-refractivity contribution in [1.29, 1.82) is 0 Å². The molecule has 0 unspecified atom stereocenters.